The van der Waals surface area contributed by atoms with Gasteiger partial charge in [0.2, 0.25) is 0 Å². The molecule has 19 heavy (non-hydrogen) atoms. The molecule has 0 saturated heterocycles. The summed E-state index contributed by atoms with van der Waals surface area (Å²) in [6, 6.07) is 9.01. The number of benzene rings is 1. The fourth-order valence-electron chi connectivity index (χ4n) is 2.89. The molecule has 106 valence electrons. The van der Waals surface area contributed by atoms with E-state index >= 15 is 0 Å². The van der Waals surface area contributed by atoms with Gasteiger partial charge in [-0.05, 0) is 34.9 Å². The van der Waals surface area contributed by atoms with E-state index in [0.717, 1.165) is 25.3 Å². The van der Waals surface area contributed by atoms with E-state index in [-0.39, 0.29) is 0 Å². The highest BCUT2D eigenvalue weighted by atomic mass is 16.5. The summed E-state index contributed by atoms with van der Waals surface area (Å²) in [6.45, 7) is 13.2. The Morgan fingerprint density at radius 2 is 1.84 bits per heavy atom. The minimum Gasteiger partial charge on any atom is -0.494 e. The molecular weight excluding hydrogens is 234 g/mol. The largest absolute Gasteiger partial charge is 0.494 e. The van der Waals surface area contributed by atoms with Gasteiger partial charge in [-0.25, -0.2) is 0 Å². The van der Waals surface area contributed by atoms with Crippen LogP contribution in [0.3, 0.4) is 0 Å². The van der Waals surface area contributed by atoms with E-state index in [1.807, 2.05) is 6.07 Å². The first-order valence-corrected chi connectivity index (χ1v) is 7.34. The lowest BCUT2D eigenvalue weighted by atomic mass is 10.0. The molecule has 1 aliphatic rings. The third kappa shape index (κ3) is 2.79. The zero-order valence-electron chi connectivity index (χ0n) is 12.9. The van der Waals surface area contributed by atoms with Crippen molar-refractivity contribution in [2.24, 2.45) is 10.8 Å². The van der Waals surface area contributed by atoms with Gasteiger partial charge in [0.25, 0.3) is 0 Å². The average Bonchev–Trinajstić information content (AvgIpc) is 2.75. The van der Waals surface area contributed by atoms with Crippen molar-refractivity contribution in [2.75, 3.05) is 6.61 Å². The normalized spacial score (nSPS) is 20.3. The summed E-state index contributed by atoms with van der Waals surface area (Å²) in [4.78, 5) is 0. The first-order valence-electron chi connectivity index (χ1n) is 7.34. The molecule has 1 aromatic carbocycles. The van der Waals surface area contributed by atoms with Crippen LogP contribution in [0.5, 0.6) is 5.75 Å². The van der Waals surface area contributed by atoms with E-state index < -0.39 is 0 Å². The molecule has 2 rings (SSSR count). The Hall–Kier alpha value is -1.02. The first-order chi connectivity index (χ1) is 8.89. The lowest BCUT2D eigenvalue weighted by Gasteiger charge is -2.09. The quantitative estimate of drug-likeness (QED) is 0.835. The van der Waals surface area contributed by atoms with Gasteiger partial charge < -0.3 is 10.1 Å². The summed E-state index contributed by atoms with van der Waals surface area (Å²) in [6.07, 6.45) is 1.05. The lowest BCUT2D eigenvalue weighted by Crippen LogP contribution is -2.21. The average molecular weight is 261 g/mol. The van der Waals surface area contributed by atoms with E-state index in [1.165, 1.54) is 5.56 Å². The summed E-state index contributed by atoms with van der Waals surface area (Å²) < 4.78 is 5.67. The topological polar surface area (TPSA) is 21.3 Å². The zero-order valence-corrected chi connectivity index (χ0v) is 12.9. The Morgan fingerprint density at radius 1 is 1.16 bits per heavy atom. The summed E-state index contributed by atoms with van der Waals surface area (Å²) in [5.74, 6) is 0.982. The molecule has 0 aliphatic heterocycles. The highest BCUT2D eigenvalue weighted by Crippen LogP contribution is 2.62. The van der Waals surface area contributed by atoms with Crippen LogP contribution in [0.4, 0.5) is 0 Å². The second kappa shape index (κ2) is 5.16. The van der Waals surface area contributed by atoms with Crippen molar-refractivity contribution in [3.63, 3.8) is 0 Å². The van der Waals surface area contributed by atoms with E-state index in [4.69, 9.17) is 4.74 Å². The van der Waals surface area contributed by atoms with Crippen molar-refractivity contribution < 1.29 is 4.74 Å². The van der Waals surface area contributed by atoms with Crippen LogP contribution in [-0.4, -0.2) is 12.6 Å². The minimum atomic E-state index is 0.392. The standard InChI is InChI=1S/C17H27NO/c1-6-10-19-14-9-7-8-13(11-14)12-18-15-16(2,3)17(15,4)5/h7-9,11,15,18H,6,10,12H2,1-5H3. The molecule has 0 unspecified atom stereocenters. The molecule has 0 atom stereocenters. The van der Waals surface area contributed by atoms with Crippen LogP contribution in [-0.2, 0) is 6.54 Å². The maximum atomic E-state index is 5.67. The smallest absolute Gasteiger partial charge is 0.119 e. The maximum absolute atomic E-state index is 5.67. The number of hydrogen-bond acceptors (Lipinski definition) is 2. The fraction of sp³-hybridized carbons (Fsp3) is 0.647. The van der Waals surface area contributed by atoms with Crippen molar-refractivity contribution in [3.8, 4) is 5.75 Å². The summed E-state index contributed by atoms with van der Waals surface area (Å²) >= 11 is 0. The van der Waals surface area contributed by atoms with Gasteiger partial charge in [0.15, 0.2) is 0 Å². The Bertz CT molecular complexity index is 423. The van der Waals surface area contributed by atoms with Crippen molar-refractivity contribution in [2.45, 2.75) is 53.6 Å². The molecule has 0 spiro atoms. The Kier molecular flexibility index (Phi) is 3.91. The molecule has 1 fully saturated rings. The van der Waals surface area contributed by atoms with Crippen LogP contribution >= 0.6 is 0 Å². The summed E-state index contributed by atoms with van der Waals surface area (Å²) in [5.41, 5.74) is 2.08. The van der Waals surface area contributed by atoms with Gasteiger partial charge in [0.1, 0.15) is 5.75 Å². The van der Waals surface area contributed by atoms with Gasteiger partial charge in [0, 0.05) is 12.6 Å². The molecule has 0 aromatic heterocycles. The third-order valence-corrected chi connectivity index (χ3v) is 4.90. The number of hydrogen-bond donors (Lipinski definition) is 1. The number of ether oxygens (including phenoxy) is 1. The van der Waals surface area contributed by atoms with E-state index in [9.17, 15) is 0 Å². The van der Waals surface area contributed by atoms with Gasteiger partial charge in [-0.2, -0.15) is 0 Å². The molecular formula is C17H27NO. The molecule has 1 aliphatic carbocycles. The monoisotopic (exact) mass is 261 g/mol. The van der Waals surface area contributed by atoms with Gasteiger partial charge in [-0.1, -0.05) is 46.8 Å². The van der Waals surface area contributed by atoms with Gasteiger partial charge in [-0.3, -0.25) is 0 Å². The maximum Gasteiger partial charge on any atom is 0.119 e. The van der Waals surface area contributed by atoms with Crippen molar-refractivity contribution in [1.82, 2.24) is 5.32 Å². The molecule has 0 amide bonds. The van der Waals surface area contributed by atoms with Crippen LogP contribution < -0.4 is 10.1 Å². The molecule has 1 aromatic rings. The van der Waals surface area contributed by atoms with Gasteiger partial charge >= 0.3 is 0 Å². The highest BCUT2D eigenvalue weighted by molar-refractivity contribution is 5.29. The van der Waals surface area contributed by atoms with E-state index in [2.05, 4.69) is 58.1 Å². The Balaban J connectivity index is 1.90. The molecule has 0 heterocycles. The van der Waals surface area contributed by atoms with Crippen molar-refractivity contribution >= 4 is 0 Å². The predicted octanol–water partition coefficient (Wildman–Crippen LogP) is 4.00. The second-order valence-electron chi connectivity index (χ2n) is 6.75. The SMILES string of the molecule is CCCOc1cccc(CNC2C(C)(C)C2(C)C)c1. The van der Waals surface area contributed by atoms with E-state index in [0.29, 0.717) is 16.9 Å². The highest BCUT2D eigenvalue weighted by Gasteiger charge is 2.64. The predicted molar refractivity (Wildman–Crippen MR) is 80.4 cm³/mol. The minimum absolute atomic E-state index is 0.392. The molecule has 0 radical (unpaired) electrons. The zero-order chi connectivity index (χ0) is 14.1. The van der Waals surface area contributed by atoms with Crippen LogP contribution in [0.1, 0.15) is 46.6 Å². The van der Waals surface area contributed by atoms with Crippen molar-refractivity contribution in [1.29, 1.82) is 0 Å². The Morgan fingerprint density at radius 3 is 2.42 bits per heavy atom. The molecule has 0 bridgehead atoms. The molecule has 2 heteroatoms. The fourth-order valence-corrected chi connectivity index (χ4v) is 2.89. The van der Waals surface area contributed by atoms with Crippen LogP contribution in [0.2, 0.25) is 0 Å². The molecule has 1 N–H and O–H groups in total. The first kappa shape index (κ1) is 14.4. The number of nitrogens with one attached hydrogen (secondary N) is 1. The van der Waals surface area contributed by atoms with Gasteiger partial charge in [-0.15, -0.1) is 0 Å². The van der Waals surface area contributed by atoms with E-state index in [1.54, 1.807) is 0 Å². The van der Waals surface area contributed by atoms with Crippen molar-refractivity contribution in [3.05, 3.63) is 29.8 Å². The van der Waals surface area contributed by atoms with Crippen LogP contribution in [0.15, 0.2) is 24.3 Å². The van der Waals surface area contributed by atoms with Crippen LogP contribution in [0, 0.1) is 10.8 Å². The second-order valence-corrected chi connectivity index (χ2v) is 6.75. The number of rotatable bonds is 6. The summed E-state index contributed by atoms with van der Waals surface area (Å²) in [5, 5.41) is 3.68. The molecule has 1 saturated carbocycles. The Labute approximate surface area is 117 Å². The van der Waals surface area contributed by atoms with Crippen LogP contribution in [0.25, 0.3) is 0 Å². The third-order valence-electron chi connectivity index (χ3n) is 4.90. The summed E-state index contributed by atoms with van der Waals surface area (Å²) in [7, 11) is 0. The molecule has 2 nitrogen and oxygen atoms in total. The lowest BCUT2D eigenvalue weighted by molar-refractivity contribution is 0.317. The van der Waals surface area contributed by atoms with Gasteiger partial charge in [0.05, 0.1) is 6.61 Å².